The largest absolute Gasteiger partial charge is 0.366 e. The molecule has 0 saturated heterocycles. The quantitative estimate of drug-likeness (QED) is 0.492. The standard InChI is InChI=1S/C20H20N4O3S/c1-12(2)24-19(27)15-5-3-4-6-16(15)23-20(24)28-11-17(25)22-14-9-7-13(8-10-14)18(21)26/h3-10,12H,11H2,1-2H3,(H2,21,26)(H,22,25). The first-order chi connectivity index (χ1) is 13.4. The molecular weight excluding hydrogens is 376 g/mol. The molecule has 3 N–H and O–H groups in total. The molecule has 2 amide bonds. The molecule has 28 heavy (non-hydrogen) atoms. The van der Waals surface area contributed by atoms with Crippen molar-refractivity contribution in [2.45, 2.75) is 25.0 Å². The van der Waals surface area contributed by atoms with Crippen molar-refractivity contribution in [2.75, 3.05) is 11.1 Å². The average Bonchev–Trinajstić information content (AvgIpc) is 2.66. The number of carbonyl (C=O) groups is 2. The molecule has 0 atom stereocenters. The summed E-state index contributed by atoms with van der Waals surface area (Å²) in [6.45, 7) is 3.81. The van der Waals surface area contributed by atoms with Gasteiger partial charge in [-0.15, -0.1) is 0 Å². The average molecular weight is 396 g/mol. The van der Waals surface area contributed by atoms with Gasteiger partial charge in [-0.25, -0.2) is 4.98 Å². The summed E-state index contributed by atoms with van der Waals surface area (Å²) in [5.74, 6) is -0.674. The number of nitrogens with one attached hydrogen (secondary N) is 1. The van der Waals surface area contributed by atoms with Crippen LogP contribution in [0.15, 0.2) is 58.5 Å². The Morgan fingerprint density at radius 2 is 1.82 bits per heavy atom. The molecule has 0 bridgehead atoms. The third-order valence-electron chi connectivity index (χ3n) is 4.08. The zero-order chi connectivity index (χ0) is 20.3. The molecule has 0 fully saturated rings. The van der Waals surface area contributed by atoms with Crippen molar-refractivity contribution in [2.24, 2.45) is 5.73 Å². The van der Waals surface area contributed by atoms with Gasteiger partial charge in [0.2, 0.25) is 11.8 Å². The molecule has 7 nitrogen and oxygen atoms in total. The van der Waals surface area contributed by atoms with Gasteiger partial charge >= 0.3 is 0 Å². The summed E-state index contributed by atoms with van der Waals surface area (Å²) in [5, 5.41) is 3.80. The van der Waals surface area contributed by atoms with Crippen LogP contribution in [-0.2, 0) is 4.79 Å². The summed E-state index contributed by atoms with van der Waals surface area (Å²) in [6, 6.07) is 13.4. The van der Waals surface area contributed by atoms with E-state index in [2.05, 4.69) is 10.3 Å². The van der Waals surface area contributed by atoms with Gasteiger partial charge in [-0.05, 0) is 50.2 Å². The van der Waals surface area contributed by atoms with Gasteiger partial charge in [-0.2, -0.15) is 0 Å². The lowest BCUT2D eigenvalue weighted by molar-refractivity contribution is -0.113. The number of benzene rings is 2. The minimum Gasteiger partial charge on any atom is -0.366 e. The van der Waals surface area contributed by atoms with Crippen LogP contribution in [-0.4, -0.2) is 27.1 Å². The number of para-hydroxylation sites is 1. The van der Waals surface area contributed by atoms with Crippen molar-refractivity contribution in [3.05, 3.63) is 64.4 Å². The van der Waals surface area contributed by atoms with Crippen LogP contribution in [0, 0.1) is 0 Å². The summed E-state index contributed by atoms with van der Waals surface area (Å²) in [6.07, 6.45) is 0. The number of amides is 2. The Morgan fingerprint density at radius 3 is 2.46 bits per heavy atom. The summed E-state index contributed by atoms with van der Waals surface area (Å²) in [7, 11) is 0. The fourth-order valence-corrected chi connectivity index (χ4v) is 3.66. The van der Waals surface area contributed by atoms with Gasteiger partial charge in [0.1, 0.15) is 0 Å². The van der Waals surface area contributed by atoms with Crippen LogP contribution >= 0.6 is 11.8 Å². The number of hydrogen-bond acceptors (Lipinski definition) is 5. The Labute approximate surface area is 166 Å². The van der Waals surface area contributed by atoms with Gasteiger partial charge in [0.05, 0.1) is 16.7 Å². The molecule has 0 spiro atoms. The Hall–Kier alpha value is -3.13. The van der Waals surface area contributed by atoms with Crippen LogP contribution in [0.5, 0.6) is 0 Å². The second kappa shape index (κ2) is 8.26. The third-order valence-corrected chi connectivity index (χ3v) is 5.03. The summed E-state index contributed by atoms with van der Waals surface area (Å²) in [4.78, 5) is 40.7. The summed E-state index contributed by atoms with van der Waals surface area (Å²) < 4.78 is 1.60. The van der Waals surface area contributed by atoms with Gasteiger partial charge in [-0.3, -0.25) is 19.0 Å². The highest BCUT2D eigenvalue weighted by Gasteiger charge is 2.15. The van der Waals surface area contributed by atoms with E-state index in [1.54, 1.807) is 47.0 Å². The fraction of sp³-hybridized carbons (Fsp3) is 0.200. The number of thioether (sulfide) groups is 1. The zero-order valence-electron chi connectivity index (χ0n) is 15.5. The van der Waals surface area contributed by atoms with E-state index in [9.17, 15) is 14.4 Å². The lowest BCUT2D eigenvalue weighted by atomic mass is 10.2. The van der Waals surface area contributed by atoms with Gasteiger partial charge in [0.25, 0.3) is 5.56 Å². The minimum absolute atomic E-state index is 0.0866. The van der Waals surface area contributed by atoms with Crippen LogP contribution in [0.25, 0.3) is 10.9 Å². The van der Waals surface area contributed by atoms with Crippen LogP contribution in [0.3, 0.4) is 0 Å². The van der Waals surface area contributed by atoms with Crippen LogP contribution in [0.2, 0.25) is 0 Å². The third kappa shape index (κ3) is 4.23. The maximum Gasteiger partial charge on any atom is 0.262 e. The van der Waals surface area contributed by atoms with Crippen molar-refractivity contribution in [1.29, 1.82) is 0 Å². The first kappa shape index (κ1) is 19.6. The van der Waals surface area contributed by atoms with E-state index in [1.165, 1.54) is 11.8 Å². The number of fused-ring (bicyclic) bond motifs is 1. The van der Waals surface area contributed by atoms with E-state index in [1.807, 2.05) is 19.9 Å². The molecule has 0 aliphatic heterocycles. The molecule has 2 aromatic carbocycles. The monoisotopic (exact) mass is 396 g/mol. The predicted molar refractivity (Wildman–Crippen MR) is 111 cm³/mol. The lowest BCUT2D eigenvalue weighted by Gasteiger charge is -2.16. The smallest absolute Gasteiger partial charge is 0.262 e. The Bertz CT molecular complexity index is 1090. The van der Waals surface area contributed by atoms with E-state index >= 15 is 0 Å². The van der Waals surface area contributed by atoms with Crippen molar-refractivity contribution in [3.8, 4) is 0 Å². The Kier molecular flexibility index (Phi) is 5.79. The molecule has 3 aromatic rings. The van der Waals surface area contributed by atoms with Gasteiger partial charge in [-0.1, -0.05) is 23.9 Å². The van der Waals surface area contributed by atoms with Crippen LogP contribution in [0.1, 0.15) is 30.2 Å². The number of carbonyl (C=O) groups excluding carboxylic acids is 2. The normalized spacial score (nSPS) is 11.0. The number of aromatic nitrogens is 2. The molecule has 0 radical (unpaired) electrons. The van der Waals surface area contributed by atoms with E-state index in [0.29, 0.717) is 27.3 Å². The van der Waals surface area contributed by atoms with Crippen molar-refractivity contribution in [1.82, 2.24) is 9.55 Å². The first-order valence-corrected chi connectivity index (χ1v) is 9.69. The number of hydrogen-bond donors (Lipinski definition) is 2. The number of nitrogens with zero attached hydrogens (tertiary/aromatic N) is 2. The lowest BCUT2D eigenvalue weighted by Crippen LogP contribution is -2.25. The SMILES string of the molecule is CC(C)n1c(SCC(=O)Nc2ccc(C(N)=O)cc2)nc2ccccc2c1=O. The van der Waals surface area contributed by atoms with Crippen molar-refractivity contribution in [3.63, 3.8) is 0 Å². The second-order valence-electron chi connectivity index (χ2n) is 6.46. The summed E-state index contributed by atoms with van der Waals surface area (Å²) in [5.41, 5.74) is 6.62. The van der Waals surface area contributed by atoms with E-state index in [-0.39, 0.29) is 23.3 Å². The summed E-state index contributed by atoms with van der Waals surface area (Å²) >= 11 is 1.21. The van der Waals surface area contributed by atoms with Crippen LogP contribution in [0.4, 0.5) is 5.69 Å². The molecule has 144 valence electrons. The van der Waals surface area contributed by atoms with Gasteiger partial charge in [0, 0.05) is 17.3 Å². The maximum absolute atomic E-state index is 12.8. The molecule has 1 heterocycles. The number of anilines is 1. The molecule has 1 aromatic heterocycles. The molecule has 8 heteroatoms. The second-order valence-corrected chi connectivity index (χ2v) is 7.40. The number of primary amides is 1. The topological polar surface area (TPSA) is 107 Å². The van der Waals surface area contributed by atoms with E-state index in [4.69, 9.17) is 5.73 Å². The molecule has 0 saturated carbocycles. The number of nitrogens with two attached hydrogens (primary N) is 1. The number of rotatable bonds is 6. The minimum atomic E-state index is -0.525. The fourth-order valence-electron chi connectivity index (χ4n) is 2.73. The van der Waals surface area contributed by atoms with Crippen molar-refractivity contribution >= 4 is 40.2 Å². The predicted octanol–water partition coefficient (Wildman–Crippen LogP) is 2.81. The Balaban J connectivity index is 1.77. The highest BCUT2D eigenvalue weighted by Crippen LogP contribution is 2.21. The molecule has 0 aliphatic carbocycles. The Morgan fingerprint density at radius 1 is 1.14 bits per heavy atom. The molecule has 0 aliphatic rings. The highest BCUT2D eigenvalue weighted by atomic mass is 32.2. The van der Waals surface area contributed by atoms with E-state index < -0.39 is 5.91 Å². The molecular formula is C20H20N4O3S. The maximum atomic E-state index is 12.8. The van der Waals surface area contributed by atoms with Crippen LogP contribution < -0.4 is 16.6 Å². The molecule has 3 rings (SSSR count). The zero-order valence-corrected chi connectivity index (χ0v) is 16.3. The van der Waals surface area contributed by atoms with Crippen molar-refractivity contribution < 1.29 is 9.59 Å². The highest BCUT2D eigenvalue weighted by molar-refractivity contribution is 7.99. The van der Waals surface area contributed by atoms with Gasteiger partial charge in [0.15, 0.2) is 5.16 Å². The first-order valence-electron chi connectivity index (χ1n) is 8.70. The molecule has 0 unspecified atom stereocenters. The van der Waals surface area contributed by atoms with E-state index in [0.717, 1.165) is 0 Å². The van der Waals surface area contributed by atoms with Gasteiger partial charge < -0.3 is 11.1 Å².